The highest BCUT2D eigenvalue weighted by Crippen LogP contribution is 2.53. The summed E-state index contributed by atoms with van der Waals surface area (Å²) < 4.78 is 0. The highest BCUT2D eigenvalue weighted by Gasteiger charge is 2.37. The van der Waals surface area contributed by atoms with Gasteiger partial charge in [0.25, 0.3) is 0 Å². The lowest BCUT2D eigenvalue weighted by Crippen LogP contribution is -2.15. The summed E-state index contributed by atoms with van der Waals surface area (Å²) in [6.07, 6.45) is 0. The Hall–Kier alpha value is -3.34. The molecule has 0 saturated heterocycles. The minimum absolute atomic E-state index is 0.154. The summed E-state index contributed by atoms with van der Waals surface area (Å²) in [5.41, 5.74) is 10.2. The van der Waals surface area contributed by atoms with Crippen LogP contribution < -0.4 is 0 Å². The van der Waals surface area contributed by atoms with Crippen LogP contribution in [-0.2, 0) is 5.41 Å². The molecule has 144 valence electrons. The Morgan fingerprint density at radius 2 is 1.43 bits per heavy atom. The zero-order chi connectivity index (χ0) is 20.9. The molecule has 2 heteroatoms. The Bertz CT molecular complexity index is 1340. The van der Waals surface area contributed by atoms with E-state index in [4.69, 9.17) is 11.6 Å². The lowest BCUT2D eigenvalue weighted by atomic mass is 9.81. The number of benzene rings is 4. The molecule has 0 spiro atoms. The number of halogens is 1. The van der Waals surface area contributed by atoms with Crippen molar-refractivity contribution in [1.82, 2.24) is 0 Å². The molecule has 0 saturated carbocycles. The Labute approximate surface area is 182 Å². The third-order valence-electron chi connectivity index (χ3n) is 6.18. The molecule has 0 amide bonds. The lowest BCUT2D eigenvalue weighted by Gasteiger charge is -2.22. The zero-order valence-corrected chi connectivity index (χ0v) is 17.7. The molecular weight excluding hydrogens is 386 g/mol. The molecule has 1 nitrogen and oxygen atoms in total. The molecule has 4 aromatic carbocycles. The van der Waals surface area contributed by atoms with Gasteiger partial charge in [-0.25, -0.2) is 0 Å². The molecule has 0 heterocycles. The standard InChI is InChI=1S/C28H20ClN/c1-28(2)25-12-6-11-23(27(25)24-14-13-18(17-30)15-26(24)28)22-10-4-3-9-21(22)19-7-5-8-20(29)16-19/h3-16H,1-2H3. The van der Waals surface area contributed by atoms with Gasteiger partial charge in [-0.1, -0.05) is 86.1 Å². The number of hydrogen-bond acceptors (Lipinski definition) is 1. The number of hydrogen-bond donors (Lipinski definition) is 0. The Morgan fingerprint density at radius 3 is 2.20 bits per heavy atom. The summed E-state index contributed by atoms with van der Waals surface area (Å²) in [4.78, 5) is 0. The number of fused-ring (bicyclic) bond motifs is 3. The normalized spacial score (nSPS) is 13.4. The molecular formula is C28H20ClN. The van der Waals surface area contributed by atoms with Crippen LogP contribution in [0.3, 0.4) is 0 Å². The van der Waals surface area contributed by atoms with Gasteiger partial charge in [-0.15, -0.1) is 0 Å². The van der Waals surface area contributed by atoms with E-state index in [9.17, 15) is 5.26 Å². The van der Waals surface area contributed by atoms with Crippen LogP contribution in [0.5, 0.6) is 0 Å². The predicted octanol–water partition coefficient (Wildman–Crippen LogP) is 7.85. The predicted molar refractivity (Wildman–Crippen MR) is 125 cm³/mol. The van der Waals surface area contributed by atoms with Gasteiger partial charge in [-0.05, 0) is 68.8 Å². The van der Waals surface area contributed by atoms with Gasteiger partial charge in [0.05, 0.1) is 11.6 Å². The topological polar surface area (TPSA) is 23.8 Å². The van der Waals surface area contributed by atoms with Gasteiger partial charge >= 0.3 is 0 Å². The molecule has 5 rings (SSSR count). The molecule has 0 unspecified atom stereocenters. The zero-order valence-electron chi connectivity index (χ0n) is 16.9. The number of rotatable bonds is 2. The second kappa shape index (κ2) is 6.87. The maximum absolute atomic E-state index is 9.41. The van der Waals surface area contributed by atoms with Crippen molar-refractivity contribution in [2.24, 2.45) is 0 Å². The Balaban J connectivity index is 1.80. The molecule has 0 atom stereocenters. The van der Waals surface area contributed by atoms with E-state index in [-0.39, 0.29) is 5.41 Å². The van der Waals surface area contributed by atoms with Crippen LogP contribution >= 0.6 is 11.6 Å². The van der Waals surface area contributed by atoms with Crippen molar-refractivity contribution >= 4 is 11.6 Å². The maximum Gasteiger partial charge on any atom is 0.0991 e. The van der Waals surface area contributed by atoms with E-state index >= 15 is 0 Å². The largest absolute Gasteiger partial charge is 0.192 e. The second-order valence-corrected chi connectivity index (χ2v) is 8.72. The summed E-state index contributed by atoms with van der Waals surface area (Å²) in [6, 6.07) is 31.4. The van der Waals surface area contributed by atoms with Gasteiger partial charge in [0.1, 0.15) is 0 Å². The highest BCUT2D eigenvalue weighted by atomic mass is 35.5. The fraction of sp³-hybridized carbons (Fsp3) is 0.107. The fourth-order valence-electron chi connectivity index (χ4n) is 4.71. The summed E-state index contributed by atoms with van der Waals surface area (Å²) in [5.74, 6) is 0. The average molecular weight is 406 g/mol. The summed E-state index contributed by atoms with van der Waals surface area (Å²) in [7, 11) is 0. The summed E-state index contributed by atoms with van der Waals surface area (Å²) >= 11 is 6.29. The Morgan fingerprint density at radius 1 is 0.700 bits per heavy atom. The highest BCUT2D eigenvalue weighted by molar-refractivity contribution is 6.30. The smallest absolute Gasteiger partial charge is 0.0991 e. The van der Waals surface area contributed by atoms with Crippen LogP contribution in [0.25, 0.3) is 33.4 Å². The molecule has 0 fully saturated rings. The minimum Gasteiger partial charge on any atom is -0.192 e. The average Bonchev–Trinajstić information content (AvgIpc) is 3.00. The van der Waals surface area contributed by atoms with Gasteiger partial charge in [0.2, 0.25) is 0 Å². The molecule has 1 aliphatic rings. The molecule has 0 bridgehead atoms. The summed E-state index contributed by atoms with van der Waals surface area (Å²) in [6.45, 7) is 4.48. The van der Waals surface area contributed by atoms with Crippen LogP contribution in [-0.4, -0.2) is 0 Å². The SMILES string of the molecule is CC1(C)c2cc(C#N)ccc2-c2c(-c3ccccc3-c3cccc(Cl)c3)cccc21. The van der Waals surface area contributed by atoms with Crippen LogP contribution in [0.15, 0.2) is 84.9 Å². The van der Waals surface area contributed by atoms with Crippen molar-refractivity contribution in [1.29, 1.82) is 5.26 Å². The van der Waals surface area contributed by atoms with Crippen LogP contribution in [0.2, 0.25) is 5.02 Å². The molecule has 4 aromatic rings. The molecule has 0 aromatic heterocycles. The monoisotopic (exact) mass is 405 g/mol. The first-order valence-corrected chi connectivity index (χ1v) is 10.4. The van der Waals surface area contributed by atoms with Crippen molar-refractivity contribution < 1.29 is 0 Å². The Kier molecular flexibility index (Phi) is 4.28. The van der Waals surface area contributed by atoms with E-state index in [1.54, 1.807) is 0 Å². The van der Waals surface area contributed by atoms with Crippen LogP contribution in [0.1, 0.15) is 30.5 Å². The molecule has 0 aliphatic heterocycles. The van der Waals surface area contributed by atoms with E-state index in [1.807, 2.05) is 30.3 Å². The third-order valence-corrected chi connectivity index (χ3v) is 6.42. The van der Waals surface area contributed by atoms with E-state index in [1.165, 1.54) is 33.4 Å². The fourth-order valence-corrected chi connectivity index (χ4v) is 4.90. The van der Waals surface area contributed by atoms with Crippen LogP contribution in [0, 0.1) is 11.3 Å². The van der Waals surface area contributed by atoms with Crippen LogP contribution in [0.4, 0.5) is 0 Å². The first-order chi connectivity index (χ1) is 14.5. The van der Waals surface area contributed by atoms with Crippen molar-refractivity contribution in [3.63, 3.8) is 0 Å². The van der Waals surface area contributed by atoms with Gasteiger partial charge in [0.15, 0.2) is 0 Å². The van der Waals surface area contributed by atoms with Gasteiger partial charge in [-0.3, -0.25) is 0 Å². The van der Waals surface area contributed by atoms with E-state index in [2.05, 4.69) is 74.5 Å². The first-order valence-electron chi connectivity index (χ1n) is 10.0. The summed E-state index contributed by atoms with van der Waals surface area (Å²) in [5, 5.41) is 10.1. The van der Waals surface area contributed by atoms with Crippen molar-refractivity contribution in [2.75, 3.05) is 0 Å². The van der Waals surface area contributed by atoms with Gasteiger partial charge < -0.3 is 0 Å². The van der Waals surface area contributed by atoms with Crippen molar-refractivity contribution in [2.45, 2.75) is 19.3 Å². The molecule has 0 radical (unpaired) electrons. The van der Waals surface area contributed by atoms with Gasteiger partial charge in [0, 0.05) is 10.4 Å². The first kappa shape index (κ1) is 18.7. The van der Waals surface area contributed by atoms with E-state index in [0.717, 1.165) is 16.1 Å². The number of nitriles is 1. The van der Waals surface area contributed by atoms with E-state index < -0.39 is 0 Å². The molecule has 30 heavy (non-hydrogen) atoms. The minimum atomic E-state index is -0.154. The van der Waals surface area contributed by atoms with Crippen molar-refractivity contribution in [3.8, 4) is 39.4 Å². The molecule has 1 aliphatic carbocycles. The third kappa shape index (κ3) is 2.76. The van der Waals surface area contributed by atoms with Crippen molar-refractivity contribution in [3.05, 3.63) is 107 Å². The van der Waals surface area contributed by atoms with E-state index in [0.29, 0.717) is 5.56 Å². The number of nitrogens with zero attached hydrogens (tertiary/aromatic N) is 1. The molecule has 0 N–H and O–H groups in total. The second-order valence-electron chi connectivity index (χ2n) is 8.28. The van der Waals surface area contributed by atoms with Gasteiger partial charge in [-0.2, -0.15) is 5.26 Å². The quantitative estimate of drug-likeness (QED) is 0.333. The maximum atomic E-state index is 9.41. The lowest BCUT2D eigenvalue weighted by molar-refractivity contribution is 0.660.